The van der Waals surface area contributed by atoms with Gasteiger partial charge in [-0.25, -0.2) is 0 Å². The Hall–Kier alpha value is -1.10. The molecule has 4 heteroatoms. The van der Waals surface area contributed by atoms with Gasteiger partial charge in [-0.05, 0) is 37.1 Å². The van der Waals surface area contributed by atoms with Crippen LogP contribution in [0.5, 0.6) is 5.75 Å². The van der Waals surface area contributed by atoms with Gasteiger partial charge in [0, 0.05) is 25.7 Å². The summed E-state index contributed by atoms with van der Waals surface area (Å²) in [5.41, 5.74) is 1.14. The van der Waals surface area contributed by atoms with E-state index in [4.69, 9.17) is 14.2 Å². The third-order valence-electron chi connectivity index (χ3n) is 3.83. The van der Waals surface area contributed by atoms with Gasteiger partial charge in [-0.2, -0.15) is 0 Å². The molecular weight excluding hydrogens is 266 g/mol. The van der Waals surface area contributed by atoms with E-state index in [1.807, 2.05) is 24.3 Å². The summed E-state index contributed by atoms with van der Waals surface area (Å²) in [6.07, 6.45) is 2.25. The van der Waals surface area contributed by atoms with Crippen LogP contribution in [0.4, 0.5) is 0 Å². The monoisotopic (exact) mass is 293 g/mol. The molecule has 0 aliphatic carbocycles. The Kier molecular flexibility index (Phi) is 7.00. The van der Waals surface area contributed by atoms with Gasteiger partial charge in [-0.15, -0.1) is 0 Å². The van der Waals surface area contributed by atoms with E-state index < -0.39 is 0 Å². The SMILES string of the molecule is CCCNC(COc1cccc(COC)c1)C1CCOC1. The lowest BCUT2D eigenvalue weighted by molar-refractivity contribution is 0.160. The van der Waals surface area contributed by atoms with Crippen molar-refractivity contribution in [2.75, 3.05) is 33.5 Å². The maximum Gasteiger partial charge on any atom is 0.119 e. The van der Waals surface area contributed by atoms with Gasteiger partial charge in [0.1, 0.15) is 12.4 Å². The second kappa shape index (κ2) is 9.03. The van der Waals surface area contributed by atoms with Crippen molar-refractivity contribution in [1.82, 2.24) is 5.32 Å². The Balaban J connectivity index is 1.89. The highest BCUT2D eigenvalue weighted by Gasteiger charge is 2.25. The molecular formula is C17H27NO3. The van der Waals surface area contributed by atoms with Crippen LogP contribution in [-0.4, -0.2) is 39.5 Å². The van der Waals surface area contributed by atoms with E-state index in [1.54, 1.807) is 7.11 Å². The van der Waals surface area contributed by atoms with Crippen LogP contribution >= 0.6 is 0 Å². The highest BCUT2D eigenvalue weighted by atomic mass is 16.5. The second-order valence-corrected chi connectivity index (χ2v) is 5.58. The molecule has 0 amide bonds. The molecule has 118 valence electrons. The zero-order valence-electron chi connectivity index (χ0n) is 13.1. The van der Waals surface area contributed by atoms with Crippen molar-refractivity contribution in [2.45, 2.75) is 32.4 Å². The van der Waals surface area contributed by atoms with Crippen molar-refractivity contribution in [2.24, 2.45) is 5.92 Å². The molecule has 2 unspecified atom stereocenters. The number of rotatable bonds is 9. The summed E-state index contributed by atoms with van der Waals surface area (Å²) in [6, 6.07) is 8.47. The first-order valence-corrected chi connectivity index (χ1v) is 7.85. The molecule has 1 fully saturated rings. The lowest BCUT2D eigenvalue weighted by Gasteiger charge is -2.24. The summed E-state index contributed by atoms with van der Waals surface area (Å²) < 4.78 is 16.7. The molecule has 0 aromatic heterocycles. The molecule has 1 aliphatic rings. The molecule has 1 aliphatic heterocycles. The third-order valence-corrected chi connectivity index (χ3v) is 3.83. The molecule has 0 spiro atoms. The number of nitrogens with one attached hydrogen (secondary N) is 1. The largest absolute Gasteiger partial charge is 0.492 e. The first-order valence-electron chi connectivity index (χ1n) is 7.85. The highest BCUT2D eigenvalue weighted by molar-refractivity contribution is 5.28. The van der Waals surface area contributed by atoms with Crippen LogP contribution in [0.2, 0.25) is 0 Å². The molecule has 1 heterocycles. The summed E-state index contributed by atoms with van der Waals surface area (Å²) in [4.78, 5) is 0. The molecule has 2 atom stereocenters. The number of hydrogen-bond donors (Lipinski definition) is 1. The maximum atomic E-state index is 5.99. The molecule has 1 saturated heterocycles. The van der Waals surface area contributed by atoms with Crippen molar-refractivity contribution in [3.63, 3.8) is 0 Å². The van der Waals surface area contributed by atoms with E-state index in [9.17, 15) is 0 Å². The average Bonchev–Trinajstić information content (AvgIpc) is 3.02. The Morgan fingerprint density at radius 1 is 1.43 bits per heavy atom. The van der Waals surface area contributed by atoms with Crippen LogP contribution in [0.1, 0.15) is 25.3 Å². The van der Waals surface area contributed by atoms with Crippen LogP contribution in [0.3, 0.4) is 0 Å². The quantitative estimate of drug-likeness (QED) is 0.760. The van der Waals surface area contributed by atoms with E-state index in [0.29, 0.717) is 25.2 Å². The highest BCUT2D eigenvalue weighted by Crippen LogP contribution is 2.19. The molecule has 0 bridgehead atoms. The molecule has 0 radical (unpaired) electrons. The summed E-state index contributed by atoms with van der Waals surface area (Å²) >= 11 is 0. The van der Waals surface area contributed by atoms with Crippen LogP contribution in [0.15, 0.2) is 24.3 Å². The van der Waals surface area contributed by atoms with Gasteiger partial charge in [0.05, 0.1) is 13.2 Å². The second-order valence-electron chi connectivity index (χ2n) is 5.58. The molecule has 1 N–H and O–H groups in total. The van der Waals surface area contributed by atoms with Crippen LogP contribution in [-0.2, 0) is 16.1 Å². The van der Waals surface area contributed by atoms with E-state index in [0.717, 1.165) is 43.9 Å². The molecule has 0 saturated carbocycles. The van der Waals surface area contributed by atoms with Crippen LogP contribution in [0.25, 0.3) is 0 Å². The van der Waals surface area contributed by atoms with Gasteiger partial charge >= 0.3 is 0 Å². The average molecular weight is 293 g/mol. The van der Waals surface area contributed by atoms with Gasteiger partial charge in [-0.1, -0.05) is 19.1 Å². The molecule has 1 aromatic rings. The van der Waals surface area contributed by atoms with E-state index in [-0.39, 0.29) is 0 Å². The fraction of sp³-hybridized carbons (Fsp3) is 0.647. The molecule has 2 rings (SSSR count). The first kappa shape index (κ1) is 16.3. The van der Waals surface area contributed by atoms with Gasteiger partial charge in [0.15, 0.2) is 0 Å². The van der Waals surface area contributed by atoms with Crippen molar-refractivity contribution < 1.29 is 14.2 Å². The fourth-order valence-corrected chi connectivity index (χ4v) is 2.64. The first-order chi connectivity index (χ1) is 10.3. The third kappa shape index (κ3) is 5.30. The van der Waals surface area contributed by atoms with Crippen molar-refractivity contribution in [3.05, 3.63) is 29.8 Å². The van der Waals surface area contributed by atoms with Gasteiger partial charge in [0.2, 0.25) is 0 Å². The Bertz CT molecular complexity index is 405. The van der Waals surface area contributed by atoms with Crippen molar-refractivity contribution >= 4 is 0 Å². The van der Waals surface area contributed by atoms with Gasteiger partial charge in [-0.3, -0.25) is 0 Å². The standard InChI is InChI=1S/C17H27NO3/c1-3-8-18-17(15-7-9-20-12-15)13-21-16-6-4-5-14(10-16)11-19-2/h4-6,10,15,17-18H,3,7-9,11-13H2,1-2H3. The number of benzene rings is 1. The van der Waals surface area contributed by atoms with Crippen LogP contribution in [0, 0.1) is 5.92 Å². The predicted octanol–water partition coefficient (Wildman–Crippen LogP) is 2.62. The topological polar surface area (TPSA) is 39.7 Å². The maximum absolute atomic E-state index is 5.99. The zero-order valence-corrected chi connectivity index (χ0v) is 13.1. The van der Waals surface area contributed by atoms with E-state index in [1.165, 1.54) is 0 Å². The summed E-state index contributed by atoms with van der Waals surface area (Å²) in [5, 5.41) is 3.59. The fourth-order valence-electron chi connectivity index (χ4n) is 2.64. The number of methoxy groups -OCH3 is 1. The van der Waals surface area contributed by atoms with Crippen LogP contribution < -0.4 is 10.1 Å². The molecule has 4 nitrogen and oxygen atoms in total. The van der Waals surface area contributed by atoms with Gasteiger partial charge < -0.3 is 19.5 Å². The smallest absolute Gasteiger partial charge is 0.119 e. The van der Waals surface area contributed by atoms with Crippen molar-refractivity contribution in [1.29, 1.82) is 0 Å². The minimum absolute atomic E-state index is 0.360. The Morgan fingerprint density at radius 3 is 3.05 bits per heavy atom. The Labute approximate surface area is 127 Å². The van der Waals surface area contributed by atoms with Gasteiger partial charge in [0.25, 0.3) is 0 Å². The lowest BCUT2D eigenvalue weighted by atomic mass is 9.99. The molecule has 1 aromatic carbocycles. The number of hydrogen-bond acceptors (Lipinski definition) is 4. The van der Waals surface area contributed by atoms with Crippen molar-refractivity contribution in [3.8, 4) is 5.75 Å². The summed E-state index contributed by atoms with van der Waals surface area (Å²) in [6.45, 7) is 6.22. The zero-order chi connectivity index (χ0) is 14.9. The lowest BCUT2D eigenvalue weighted by Crippen LogP contribution is -2.41. The van der Waals surface area contributed by atoms with E-state index in [2.05, 4.69) is 12.2 Å². The summed E-state index contributed by atoms with van der Waals surface area (Å²) in [5.74, 6) is 1.46. The minimum atomic E-state index is 0.360. The number of ether oxygens (including phenoxy) is 3. The van der Waals surface area contributed by atoms with E-state index >= 15 is 0 Å². The predicted molar refractivity (Wildman–Crippen MR) is 83.7 cm³/mol. The Morgan fingerprint density at radius 2 is 2.33 bits per heavy atom. The normalized spacial score (nSPS) is 19.6. The molecule has 21 heavy (non-hydrogen) atoms. The summed E-state index contributed by atoms with van der Waals surface area (Å²) in [7, 11) is 1.71. The minimum Gasteiger partial charge on any atom is -0.492 e.